The number of carboxylic acid groups (broad SMARTS) is 1. The number of nitrogens with one attached hydrogen (secondary N) is 1. The second kappa shape index (κ2) is 6.95. The predicted molar refractivity (Wildman–Crippen MR) is 65.5 cm³/mol. The standard InChI is InChI=1S/C11H21N3O4/c1-11(2,13)6-5-9(16)14-7(10(17)18)3-4-8(12)15/h7H,3-6,13H2,1-2H3,(H2,12,15)(H,14,16)(H,17,18). The molecule has 0 aromatic carbocycles. The van der Waals surface area contributed by atoms with Gasteiger partial charge < -0.3 is 21.9 Å². The predicted octanol–water partition coefficient (Wildman–Crippen LogP) is -0.661. The second-order valence-electron chi connectivity index (χ2n) is 4.95. The first-order valence-corrected chi connectivity index (χ1v) is 5.71. The van der Waals surface area contributed by atoms with Gasteiger partial charge in [-0.2, -0.15) is 0 Å². The minimum atomic E-state index is -1.18. The molecule has 1 atom stereocenters. The van der Waals surface area contributed by atoms with Crippen LogP contribution in [0.3, 0.4) is 0 Å². The van der Waals surface area contributed by atoms with Crippen LogP contribution in [0.4, 0.5) is 0 Å². The Kier molecular flexibility index (Phi) is 6.32. The van der Waals surface area contributed by atoms with Gasteiger partial charge in [-0.1, -0.05) is 0 Å². The van der Waals surface area contributed by atoms with Crippen LogP contribution < -0.4 is 16.8 Å². The van der Waals surface area contributed by atoms with Gasteiger partial charge in [0.1, 0.15) is 6.04 Å². The molecule has 0 saturated carbocycles. The van der Waals surface area contributed by atoms with Gasteiger partial charge in [0, 0.05) is 18.4 Å². The SMILES string of the molecule is CC(C)(N)CCC(=O)NC(CCC(N)=O)C(=O)O. The van der Waals surface area contributed by atoms with Crippen molar-refractivity contribution < 1.29 is 19.5 Å². The molecule has 0 aromatic rings. The van der Waals surface area contributed by atoms with Gasteiger partial charge in [0.15, 0.2) is 0 Å². The van der Waals surface area contributed by atoms with Crippen molar-refractivity contribution in [3.05, 3.63) is 0 Å². The van der Waals surface area contributed by atoms with Crippen LogP contribution in [0.2, 0.25) is 0 Å². The van der Waals surface area contributed by atoms with Crippen molar-refractivity contribution in [1.82, 2.24) is 5.32 Å². The Morgan fingerprint density at radius 1 is 1.28 bits per heavy atom. The van der Waals surface area contributed by atoms with Crippen LogP contribution in [0.5, 0.6) is 0 Å². The lowest BCUT2D eigenvalue weighted by molar-refractivity contribution is -0.142. The van der Waals surface area contributed by atoms with Gasteiger partial charge in [-0.05, 0) is 26.7 Å². The molecule has 1 unspecified atom stereocenters. The molecule has 7 heteroatoms. The summed E-state index contributed by atoms with van der Waals surface area (Å²) in [7, 11) is 0. The van der Waals surface area contributed by atoms with E-state index in [0.29, 0.717) is 6.42 Å². The van der Waals surface area contributed by atoms with Crippen LogP contribution in [-0.4, -0.2) is 34.5 Å². The minimum Gasteiger partial charge on any atom is -0.480 e. The molecule has 0 heterocycles. The molecule has 6 N–H and O–H groups in total. The average Bonchev–Trinajstić information content (AvgIpc) is 2.19. The summed E-state index contributed by atoms with van der Waals surface area (Å²) in [6.07, 6.45) is 0.493. The Balaban J connectivity index is 4.20. The van der Waals surface area contributed by atoms with Crippen LogP contribution in [0.1, 0.15) is 39.5 Å². The third-order valence-corrected chi connectivity index (χ3v) is 2.31. The van der Waals surface area contributed by atoms with Crippen LogP contribution in [-0.2, 0) is 14.4 Å². The van der Waals surface area contributed by atoms with Crippen molar-refractivity contribution in [2.24, 2.45) is 11.5 Å². The van der Waals surface area contributed by atoms with E-state index in [1.54, 1.807) is 13.8 Å². The van der Waals surface area contributed by atoms with Gasteiger partial charge in [0.05, 0.1) is 0 Å². The van der Waals surface area contributed by atoms with Gasteiger partial charge in [-0.15, -0.1) is 0 Å². The molecular weight excluding hydrogens is 238 g/mol. The summed E-state index contributed by atoms with van der Waals surface area (Å²) in [4.78, 5) is 32.9. The monoisotopic (exact) mass is 259 g/mol. The smallest absolute Gasteiger partial charge is 0.326 e. The summed E-state index contributed by atoms with van der Waals surface area (Å²) in [6, 6.07) is -1.09. The van der Waals surface area contributed by atoms with Crippen molar-refractivity contribution >= 4 is 17.8 Å². The topological polar surface area (TPSA) is 136 Å². The Bertz CT molecular complexity index is 323. The molecule has 0 radical (unpaired) electrons. The van der Waals surface area contributed by atoms with E-state index in [1.807, 2.05) is 0 Å². The van der Waals surface area contributed by atoms with E-state index in [4.69, 9.17) is 16.6 Å². The first-order valence-electron chi connectivity index (χ1n) is 5.71. The molecular formula is C11H21N3O4. The summed E-state index contributed by atoms with van der Waals surface area (Å²) >= 11 is 0. The molecule has 2 amide bonds. The zero-order chi connectivity index (χ0) is 14.3. The number of carboxylic acids is 1. The maximum atomic E-state index is 11.5. The summed E-state index contributed by atoms with van der Waals surface area (Å²) in [5.74, 6) is -2.18. The molecule has 0 spiro atoms. The van der Waals surface area contributed by atoms with Gasteiger partial charge in [-0.25, -0.2) is 4.79 Å². The number of nitrogens with two attached hydrogens (primary N) is 2. The van der Waals surface area contributed by atoms with Crippen molar-refractivity contribution in [3.8, 4) is 0 Å². The molecule has 0 rings (SSSR count). The van der Waals surface area contributed by atoms with Gasteiger partial charge in [0.25, 0.3) is 0 Å². The summed E-state index contributed by atoms with van der Waals surface area (Å²) in [6.45, 7) is 3.56. The fraction of sp³-hybridized carbons (Fsp3) is 0.727. The Hall–Kier alpha value is -1.63. The Labute approximate surface area is 106 Å². The number of primary amides is 1. The third kappa shape index (κ3) is 8.51. The lowest BCUT2D eigenvalue weighted by Crippen LogP contribution is -2.42. The van der Waals surface area contributed by atoms with Crippen LogP contribution in [0.15, 0.2) is 0 Å². The number of hydrogen-bond donors (Lipinski definition) is 4. The Morgan fingerprint density at radius 3 is 2.22 bits per heavy atom. The van der Waals surface area contributed by atoms with E-state index < -0.39 is 29.4 Å². The van der Waals surface area contributed by atoms with E-state index in [0.717, 1.165) is 0 Å². The largest absolute Gasteiger partial charge is 0.480 e. The van der Waals surface area contributed by atoms with Crippen LogP contribution in [0, 0.1) is 0 Å². The normalized spacial score (nSPS) is 12.8. The molecule has 104 valence electrons. The van der Waals surface area contributed by atoms with Gasteiger partial charge >= 0.3 is 5.97 Å². The highest BCUT2D eigenvalue weighted by Gasteiger charge is 2.21. The zero-order valence-corrected chi connectivity index (χ0v) is 10.7. The molecule has 0 aliphatic rings. The molecule has 0 bridgehead atoms. The first kappa shape index (κ1) is 16.4. The third-order valence-electron chi connectivity index (χ3n) is 2.31. The molecule has 0 aromatic heterocycles. The maximum Gasteiger partial charge on any atom is 0.326 e. The molecule has 0 saturated heterocycles. The maximum absolute atomic E-state index is 11.5. The van der Waals surface area contributed by atoms with Gasteiger partial charge in [-0.3, -0.25) is 9.59 Å². The average molecular weight is 259 g/mol. The number of hydrogen-bond acceptors (Lipinski definition) is 4. The molecule has 7 nitrogen and oxygen atoms in total. The fourth-order valence-corrected chi connectivity index (χ4v) is 1.25. The van der Waals surface area contributed by atoms with E-state index in [9.17, 15) is 14.4 Å². The lowest BCUT2D eigenvalue weighted by atomic mass is 9.99. The van der Waals surface area contributed by atoms with E-state index >= 15 is 0 Å². The van der Waals surface area contributed by atoms with E-state index in [2.05, 4.69) is 5.32 Å². The Morgan fingerprint density at radius 2 is 1.83 bits per heavy atom. The molecule has 0 fully saturated rings. The molecule has 0 aliphatic heterocycles. The number of carbonyl (C=O) groups excluding carboxylic acids is 2. The quantitative estimate of drug-likeness (QED) is 0.458. The zero-order valence-electron chi connectivity index (χ0n) is 10.7. The highest BCUT2D eigenvalue weighted by atomic mass is 16.4. The fourth-order valence-electron chi connectivity index (χ4n) is 1.25. The van der Waals surface area contributed by atoms with Crippen molar-refractivity contribution in [2.75, 3.05) is 0 Å². The van der Waals surface area contributed by atoms with Crippen molar-refractivity contribution in [2.45, 2.75) is 51.1 Å². The highest BCUT2D eigenvalue weighted by Crippen LogP contribution is 2.07. The number of amides is 2. The second-order valence-corrected chi connectivity index (χ2v) is 4.95. The first-order chi connectivity index (χ1) is 8.11. The molecule has 0 aliphatic carbocycles. The lowest BCUT2D eigenvalue weighted by Gasteiger charge is -2.19. The molecule has 18 heavy (non-hydrogen) atoms. The minimum absolute atomic E-state index is 0.0115. The van der Waals surface area contributed by atoms with Gasteiger partial charge in [0.2, 0.25) is 11.8 Å². The number of rotatable bonds is 8. The van der Waals surface area contributed by atoms with E-state index in [1.165, 1.54) is 0 Å². The summed E-state index contributed by atoms with van der Waals surface area (Å²) < 4.78 is 0. The van der Waals surface area contributed by atoms with Crippen molar-refractivity contribution in [3.63, 3.8) is 0 Å². The summed E-state index contributed by atoms with van der Waals surface area (Å²) in [5.41, 5.74) is 10.2. The van der Waals surface area contributed by atoms with Crippen LogP contribution in [0.25, 0.3) is 0 Å². The van der Waals surface area contributed by atoms with Crippen molar-refractivity contribution in [1.29, 1.82) is 0 Å². The number of aliphatic carboxylic acids is 1. The highest BCUT2D eigenvalue weighted by molar-refractivity contribution is 5.84. The summed E-state index contributed by atoms with van der Waals surface area (Å²) in [5, 5.41) is 11.2. The number of carbonyl (C=O) groups is 3. The van der Waals surface area contributed by atoms with E-state index in [-0.39, 0.29) is 19.3 Å². The van der Waals surface area contributed by atoms with Crippen LogP contribution >= 0.6 is 0 Å².